The number of aromatic nitrogens is 1. The lowest BCUT2D eigenvalue weighted by Gasteiger charge is -2.30. The molecule has 5 nitrogen and oxygen atoms in total. The normalized spacial score (nSPS) is 23.0. The summed E-state index contributed by atoms with van der Waals surface area (Å²) in [4.78, 5) is 15.0. The molecule has 6 heteroatoms. The van der Waals surface area contributed by atoms with Gasteiger partial charge in [0.25, 0.3) is 0 Å². The molecule has 2 aromatic rings. The first-order valence-electron chi connectivity index (χ1n) is 8.27. The van der Waals surface area contributed by atoms with Gasteiger partial charge in [-0.1, -0.05) is 16.8 Å². The van der Waals surface area contributed by atoms with E-state index in [4.69, 9.17) is 20.9 Å². The predicted molar refractivity (Wildman–Crippen MR) is 89.1 cm³/mol. The number of benzene rings is 1. The van der Waals surface area contributed by atoms with Crippen molar-refractivity contribution in [3.05, 3.63) is 46.3 Å². The van der Waals surface area contributed by atoms with Crippen molar-refractivity contribution in [1.29, 1.82) is 0 Å². The molecule has 0 aliphatic carbocycles. The molecule has 0 N–H and O–H groups in total. The zero-order chi connectivity index (χ0) is 16.7. The van der Waals surface area contributed by atoms with Crippen LogP contribution in [0, 0.1) is 12.8 Å². The maximum Gasteiger partial charge on any atom is 0.230 e. The van der Waals surface area contributed by atoms with E-state index >= 15 is 0 Å². The van der Waals surface area contributed by atoms with Crippen LogP contribution in [0.2, 0.25) is 5.02 Å². The summed E-state index contributed by atoms with van der Waals surface area (Å²) in [6, 6.07) is 7.47. The first-order valence-corrected chi connectivity index (χ1v) is 8.64. The molecule has 2 aliphatic heterocycles. The fraction of sp³-hybridized carbons (Fsp3) is 0.444. The summed E-state index contributed by atoms with van der Waals surface area (Å²) >= 11 is 6.07. The number of hydrogen-bond acceptors (Lipinski definition) is 4. The van der Waals surface area contributed by atoms with Crippen molar-refractivity contribution in [3.8, 4) is 5.75 Å². The molecular formula is C18H19ClN2O3. The van der Waals surface area contributed by atoms with Gasteiger partial charge in [-0.3, -0.25) is 4.79 Å². The monoisotopic (exact) mass is 346 g/mol. The maximum absolute atomic E-state index is 13.0. The van der Waals surface area contributed by atoms with E-state index in [0.717, 1.165) is 42.2 Å². The van der Waals surface area contributed by atoms with Crippen molar-refractivity contribution in [2.45, 2.75) is 32.2 Å². The first-order chi connectivity index (χ1) is 11.6. The Kier molecular flexibility index (Phi) is 3.96. The molecule has 1 saturated heterocycles. The van der Waals surface area contributed by atoms with Crippen molar-refractivity contribution in [2.75, 3.05) is 13.2 Å². The molecule has 0 saturated carbocycles. The number of nitrogens with zero attached hydrogens (tertiary/aromatic N) is 2. The van der Waals surface area contributed by atoms with Gasteiger partial charge < -0.3 is 14.2 Å². The van der Waals surface area contributed by atoms with Crippen molar-refractivity contribution in [3.63, 3.8) is 0 Å². The summed E-state index contributed by atoms with van der Waals surface area (Å²) in [5, 5.41) is 4.62. The molecule has 0 unspecified atom stereocenters. The molecule has 1 aromatic heterocycles. The molecule has 1 fully saturated rings. The summed E-state index contributed by atoms with van der Waals surface area (Å²) in [5.74, 6) is 1.54. The van der Waals surface area contributed by atoms with Crippen LogP contribution in [-0.4, -0.2) is 29.1 Å². The van der Waals surface area contributed by atoms with Crippen LogP contribution in [0.1, 0.15) is 35.9 Å². The average molecular weight is 347 g/mol. The first kappa shape index (κ1) is 15.5. The molecule has 0 bridgehead atoms. The average Bonchev–Trinajstić information content (AvgIpc) is 3.22. The Labute approximate surface area is 145 Å². The number of likely N-dealkylation sites (tertiary alicyclic amines) is 1. The summed E-state index contributed by atoms with van der Waals surface area (Å²) in [6.45, 7) is 3.05. The quantitative estimate of drug-likeness (QED) is 0.834. The van der Waals surface area contributed by atoms with Gasteiger partial charge in [0.05, 0.1) is 17.7 Å². The molecule has 1 amide bonds. The van der Waals surface area contributed by atoms with E-state index in [1.54, 1.807) is 0 Å². The third kappa shape index (κ3) is 2.77. The number of amides is 1. The van der Waals surface area contributed by atoms with Crippen molar-refractivity contribution < 1.29 is 14.1 Å². The van der Waals surface area contributed by atoms with Crippen molar-refractivity contribution in [1.82, 2.24) is 10.1 Å². The van der Waals surface area contributed by atoms with E-state index in [1.807, 2.05) is 36.1 Å². The van der Waals surface area contributed by atoms with Gasteiger partial charge in [-0.05, 0) is 49.9 Å². The lowest BCUT2D eigenvalue weighted by molar-refractivity contribution is -0.138. The molecule has 0 spiro atoms. The number of carbonyl (C=O) groups excluding carboxylic acids is 1. The molecule has 1 aromatic carbocycles. The summed E-state index contributed by atoms with van der Waals surface area (Å²) < 4.78 is 11.2. The Bertz CT molecular complexity index is 773. The number of carbonyl (C=O) groups is 1. The Morgan fingerprint density at radius 1 is 1.38 bits per heavy atom. The van der Waals surface area contributed by atoms with Crippen LogP contribution in [0.15, 0.2) is 28.8 Å². The van der Waals surface area contributed by atoms with E-state index in [1.165, 1.54) is 0 Å². The number of rotatable bonds is 2. The summed E-state index contributed by atoms with van der Waals surface area (Å²) in [5.41, 5.74) is 1.84. The van der Waals surface area contributed by atoms with Crippen LogP contribution >= 0.6 is 11.6 Å². The van der Waals surface area contributed by atoms with Crippen LogP contribution in [0.3, 0.4) is 0 Å². The number of fused-ring (bicyclic) bond motifs is 1. The fourth-order valence-electron chi connectivity index (χ4n) is 3.62. The number of aryl methyl sites for hydroxylation is 1. The van der Waals surface area contributed by atoms with E-state index in [9.17, 15) is 4.79 Å². The van der Waals surface area contributed by atoms with Gasteiger partial charge in [0, 0.05) is 17.6 Å². The third-order valence-corrected chi connectivity index (χ3v) is 5.02. The zero-order valence-corrected chi connectivity index (χ0v) is 14.3. The van der Waals surface area contributed by atoms with Gasteiger partial charge in [0.1, 0.15) is 12.4 Å². The van der Waals surface area contributed by atoms with Crippen LogP contribution < -0.4 is 4.74 Å². The van der Waals surface area contributed by atoms with Crippen LogP contribution in [0.5, 0.6) is 5.75 Å². The van der Waals surface area contributed by atoms with Crippen LogP contribution in [0.4, 0.5) is 0 Å². The van der Waals surface area contributed by atoms with Crippen molar-refractivity contribution >= 4 is 17.5 Å². The summed E-state index contributed by atoms with van der Waals surface area (Å²) in [7, 11) is 0. The second kappa shape index (κ2) is 6.13. The van der Waals surface area contributed by atoms with E-state index in [2.05, 4.69) is 5.16 Å². The molecule has 126 valence electrons. The van der Waals surface area contributed by atoms with E-state index in [0.29, 0.717) is 18.1 Å². The molecule has 0 radical (unpaired) electrons. The van der Waals surface area contributed by atoms with Gasteiger partial charge in [-0.2, -0.15) is 0 Å². The lowest BCUT2D eigenvalue weighted by Crippen LogP contribution is -2.40. The second-order valence-electron chi connectivity index (χ2n) is 6.52. The molecule has 24 heavy (non-hydrogen) atoms. The molecule has 4 rings (SSSR count). The van der Waals surface area contributed by atoms with E-state index < -0.39 is 0 Å². The Balaban J connectivity index is 1.53. The fourth-order valence-corrected chi connectivity index (χ4v) is 3.82. The highest BCUT2D eigenvalue weighted by Crippen LogP contribution is 2.36. The Hall–Kier alpha value is -2.01. The van der Waals surface area contributed by atoms with Gasteiger partial charge in [-0.15, -0.1) is 0 Å². The van der Waals surface area contributed by atoms with Crippen molar-refractivity contribution in [2.24, 2.45) is 5.92 Å². The highest BCUT2D eigenvalue weighted by molar-refractivity contribution is 6.30. The standard InChI is InChI=1S/C18H19ClN2O3/c1-11-7-17(24-20-11)15-3-2-6-21(15)18(22)13-8-12-9-14(19)4-5-16(12)23-10-13/h4-5,7,9,13,15H,2-3,6,8,10H2,1H3/t13-,15-/m0/s1. The maximum atomic E-state index is 13.0. The van der Waals surface area contributed by atoms with Crippen LogP contribution in [0.25, 0.3) is 0 Å². The van der Waals surface area contributed by atoms with Crippen LogP contribution in [-0.2, 0) is 11.2 Å². The minimum absolute atomic E-state index is 0.0144. The highest BCUT2D eigenvalue weighted by atomic mass is 35.5. The minimum atomic E-state index is -0.180. The number of ether oxygens (including phenoxy) is 1. The molecule has 3 heterocycles. The second-order valence-corrected chi connectivity index (χ2v) is 6.96. The lowest BCUT2D eigenvalue weighted by atomic mass is 9.95. The SMILES string of the molecule is Cc1cc([C@@H]2CCCN2C(=O)[C@@H]2COc3ccc(Cl)cc3C2)on1. The topological polar surface area (TPSA) is 55.6 Å². The molecule has 2 aliphatic rings. The third-order valence-electron chi connectivity index (χ3n) is 4.79. The molecular weight excluding hydrogens is 328 g/mol. The molecule has 2 atom stereocenters. The van der Waals surface area contributed by atoms with Gasteiger partial charge in [0.2, 0.25) is 5.91 Å². The predicted octanol–water partition coefficient (Wildman–Crippen LogP) is 3.55. The largest absolute Gasteiger partial charge is 0.492 e. The van der Waals surface area contributed by atoms with Gasteiger partial charge in [0.15, 0.2) is 5.76 Å². The summed E-state index contributed by atoms with van der Waals surface area (Å²) in [6.07, 6.45) is 2.55. The highest BCUT2D eigenvalue weighted by Gasteiger charge is 2.37. The Morgan fingerprint density at radius 3 is 3.04 bits per heavy atom. The zero-order valence-electron chi connectivity index (χ0n) is 13.5. The Morgan fingerprint density at radius 2 is 2.25 bits per heavy atom. The van der Waals surface area contributed by atoms with Gasteiger partial charge in [-0.25, -0.2) is 0 Å². The van der Waals surface area contributed by atoms with Gasteiger partial charge >= 0.3 is 0 Å². The van der Waals surface area contributed by atoms with E-state index in [-0.39, 0.29) is 17.9 Å². The minimum Gasteiger partial charge on any atom is -0.492 e. The smallest absolute Gasteiger partial charge is 0.230 e. The number of halogens is 1. The number of hydrogen-bond donors (Lipinski definition) is 0.